The number of aromatic nitrogens is 4. The molecule has 2 heterocycles. The lowest BCUT2D eigenvalue weighted by molar-refractivity contribution is 0.0636. The normalized spacial score (nSPS) is 12.1. The van der Waals surface area contributed by atoms with E-state index >= 15 is 0 Å². The average molecular weight is 418 g/mol. The predicted molar refractivity (Wildman–Crippen MR) is 112 cm³/mol. The topological polar surface area (TPSA) is 91.2 Å². The van der Waals surface area contributed by atoms with Crippen LogP contribution in [0.1, 0.15) is 41.5 Å². The Morgan fingerprint density at radius 3 is 2.48 bits per heavy atom. The van der Waals surface area contributed by atoms with Gasteiger partial charge in [0.1, 0.15) is 23.1 Å². The van der Waals surface area contributed by atoms with Gasteiger partial charge in [-0.1, -0.05) is 11.6 Å². The zero-order chi connectivity index (χ0) is 21.4. The molecule has 0 radical (unpaired) electrons. The number of amides is 1. The number of hydrogen-bond acceptors (Lipinski definition) is 6. The molecule has 29 heavy (non-hydrogen) atoms. The molecule has 0 aliphatic heterocycles. The Balaban J connectivity index is 1.83. The van der Waals surface area contributed by atoms with Crippen molar-refractivity contribution < 1.29 is 14.3 Å². The highest BCUT2D eigenvalue weighted by atomic mass is 35.5. The van der Waals surface area contributed by atoms with Crippen molar-refractivity contribution in [2.24, 2.45) is 0 Å². The van der Waals surface area contributed by atoms with Crippen LogP contribution in [-0.2, 0) is 10.3 Å². The molecule has 1 amide bonds. The molecule has 0 bridgehead atoms. The fourth-order valence-electron chi connectivity index (χ4n) is 2.58. The van der Waals surface area contributed by atoms with E-state index in [-0.39, 0.29) is 5.54 Å². The number of ether oxygens (including phenoxy) is 2. The molecule has 1 N–H and O–H groups in total. The van der Waals surface area contributed by atoms with Crippen LogP contribution in [-0.4, -0.2) is 31.4 Å². The molecule has 2 aromatic heterocycles. The molecule has 3 aromatic rings. The summed E-state index contributed by atoms with van der Waals surface area (Å²) in [7, 11) is 0. The lowest BCUT2D eigenvalue weighted by atomic mass is 10.1. The predicted octanol–water partition coefficient (Wildman–Crippen LogP) is 5.37. The number of benzene rings is 1. The summed E-state index contributed by atoms with van der Waals surface area (Å²) in [6.45, 7) is 11.5. The van der Waals surface area contributed by atoms with E-state index in [0.717, 1.165) is 0 Å². The highest BCUT2D eigenvalue weighted by Crippen LogP contribution is 2.34. The van der Waals surface area contributed by atoms with E-state index in [2.05, 4.69) is 20.4 Å². The summed E-state index contributed by atoms with van der Waals surface area (Å²) < 4.78 is 13.0. The summed E-state index contributed by atoms with van der Waals surface area (Å²) in [4.78, 5) is 20.4. The minimum Gasteiger partial charge on any atom is -0.444 e. The van der Waals surface area contributed by atoms with E-state index in [9.17, 15) is 4.79 Å². The third-order valence-electron chi connectivity index (χ3n) is 3.75. The molecule has 1 aromatic carbocycles. The first-order valence-electron chi connectivity index (χ1n) is 9.11. The fraction of sp³-hybridized carbons (Fsp3) is 0.400. The van der Waals surface area contributed by atoms with Crippen LogP contribution >= 0.6 is 11.6 Å². The summed E-state index contributed by atoms with van der Waals surface area (Å²) >= 11 is 6.34. The second-order valence-corrected chi connectivity index (χ2v) is 8.92. The second-order valence-electron chi connectivity index (χ2n) is 8.52. The molecule has 0 saturated heterocycles. The van der Waals surface area contributed by atoms with Crippen LogP contribution in [0.2, 0.25) is 5.02 Å². The van der Waals surface area contributed by atoms with Crippen molar-refractivity contribution in [3.8, 4) is 11.6 Å². The lowest BCUT2D eigenvalue weighted by Gasteiger charge is -2.20. The molecule has 0 aliphatic carbocycles. The third kappa shape index (κ3) is 4.95. The number of fused-ring (bicyclic) bond motifs is 1. The first kappa shape index (κ1) is 20.9. The third-order valence-corrected chi connectivity index (χ3v) is 4.04. The van der Waals surface area contributed by atoms with Crippen LogP contribution in [0.15, 0.2) is 30.7 Å². The van der Waals surface area contributed by atoms with Gasteiger partial charge < -0.3 is 9.47 Å². The van der Waals surface area contributed by atoms with Crippen molar-refractivity contribution in [1.29, 1.82) is 0 Å². The van der Waals surface area contributed by atoms with E-state index in [1.807, 2.05) is 25.5 Å². The zero-order valence-electron chi connectivity index (χ0n) is 17.3. The molecular weight excluding hydrogens is 394 g/mol. The van der Waals surface area contributed by atoms with Gasteiger partial charge in [-0.15, -0.1) is 0 Å². The Kier molecular flexibility index (Phi) is 5.40. The number of halogens is 1. The van der Waals surface area contributed by atoms with E-state index < -0.39 is 11.7 Å². The minimum absolute atomic E-state index is 0.236. The zero-order valence-corrected chi connectivity index (χ0v) is 18.0. The van der Waals surface area contributed by atoms with Crippen molar-refractivity contribution in [2.45, 2.75) is 52.7 Å². The summed E-state index contributed by atoms with van der Waals surface area (Å²) in [5.41, 5.74) is 0.333. The van der Waals surface area contributed by atoms with Gasteiger partial charge in [0.05, 0.1) is 16.8 Å². The molecule has 154 valence electrons. The molecule has 0 fully saturated rings. The van der Waals surface area contributed by atoms with E-state index in [1.54, 1.807) is 45.2 Å². The number of hydrogen-bond donors (Lipinski definition) is 1. The Morgan fingerprint density at radius 1 is 1.14 bits per heavy atom. The number of nitrogens with one attached hydrogen (secondary N) is 1. The Bertz CT molecular complexity index is 1050. The van der Waals surface area contributed by atoms with Crippen molar-refractivity contribution in [2.75, 3.05) is 5.32 Å². The first-order chi connectivity index (χ1) is 13.4. The number of rotatable bonds is 3. The standard InChI is InChI=1S/C20H24ClN5O3/c1-19(2,3)26-16-13(10-24-26)17(23-11-22-16)28-15-8-7-12(9-14(15)21)25-18(27)29-20(4,5)6/h7-11H,1-6H3,(H,25,27). The molecule has 0 saturated carbocycles. The van der Waals surface area contributed by atoms with Crippen LogP contribution in [0.25, 0.3) is 11.0 Å². The van der Waals surface area contributed by atoms with Gasteiger partial charge in [0.25, 0.3) is 0 Å². The SMILES string of the molecule is CC(C)(C)OC(=O)Nc1ccc(Oc2ncnc3c2cnn3C(C)(C)C)c(Cl)c1. The summed E-state index contributed by atoms with van der Waals surface area (Å²) in [6.07, 6.45) is 2.53. The molecule has 9 heteroatoms. The maximum atomic E-state index is 11.9. The minimum atomic E-state index is -0.590. The maximum absolute atomic E-state index is 11.9. The average Bonchev–Trinajstić information content (AvgIpc) is 3.00. The molecule has 3 rings (SSSR count). The van der Waals surface area contributed by atoms with Crippen LogP contribution in [0, 0.1) is 0 Å². The molecule has 0 aliphatic rings. The lowest BCUT2D eigenvalue weighted by Crippen LogP contribution is -2.27. The number of carbonyl (C=O) groups excluding carboxylic acids is 1. The van der Waals surface area contributed by atoms with Crippen LogP contribution in [0.5, 0.6) is 11.6 Å². The highest BCUT2D eigenvalue weighted by Gasteiger charge is 2.21. The van der Waals surface area contributed by atoms with Gasteiger partial charge in [0, 0.05) is 5.69 Å². The van der Waals surface area contributed by atoms with E-state index in [1.165, 1.54) is 6.33 Å². The van der Waals surface area contributed by atoms with Crippen molar-refractivity contribution in [3.63, 3.8) is 0 Å². The van der Waals surface area contributed by atoms with Crippen LogP contribution in [0.4, 0.5) is 10.5 Å². The Hall–Kier alpha value is -2.87. The Morgan fingerprint density at radius 2 is 1.86 bits per heavy atom. The monoisotopic (exact) mass is 417 g/mol. The highest BCUT2D eigenvalue weighted by molar-refractivity contribution is 6.32. The summed E-state index contributed by atoms with van der Waals surface area (Å²) in [5.74, 6) is 0.741. The van der Waals surface area contributed by atoms with Gasteiger partial charge >= 0.3 is 6.09 Å². The summed E-state index contributed by atoms with van der Waals surface area (Å²) in [6, 6.07) is 4.90. The Labute approximate surface area is 174 Å². The largest absolute Gasteiger partial charge is 0.444 e. The number of nitrogens with zero attached hydrogens (tertiary/aromatic N) is 4. The van der Waals surface area contributed by atoms with Gasteiger partial charge in [-0.2, -0.15) is 5.10 Å². The van der Waals surface area contributed by atoms with E-state index in [4.69, 9.17) is 21.1 Å². The molecular formula is C20H24ClN5O3. The van der Waals surface area contributed by atoms with Gasteiger partial charge in [-0.25, -0.2) is 19.4 Å². The number of anilines is 1. The molecule has 0 atom stereocenters. The quantitative estimate of drug-likeness (QED) is 0.615. The van der Waals surface area contributed by atoms with Crippen LogP contribution in [0.3, 0.4) is 0 Å². The van der Waals surface area contributed by atoms with Gasteiger partial charge in [0.2, 0.25) is 5.88 Å². The molecule has 0 spiro atoms. The smallest absolute Gasteiger partial charge is 0.412 e. The second kappa shape index (κ2) is 7.51. The number of carbonyl (C=O) groups is 1. The molecule has 8 nitrogen and oxygen atoms in total. The fourth-order valence-corrected chi connectivity index (χ4v) is 2.80. The van der Waals surface area contributed by atoms with Crippen molar-refractivity contribution >= 4 is 34.4 Å². The van der Waals surface area contributed by atoms with Gasteiger partial charge in [-0.3, -0.25) is 5.32 Å². The molecule has 0 unspecified atom stereocenters. The maximum Gasteiger partial charge on any atom is 0.412 e. The first-order valence-corrected chi connectivity index (χ1v) is 9.48. The van der Waals surface area contributed by atoms with Crippen molar-refractivity contribution in [3.05, 3.63) is 35.7 Å². The van der Waals surface area contributed by atoms with Gasteiger partial charge in [0.15, 0.2) is 5.65 Å². The van der Waals surface area contributed by atoms with Crippen LogP contribution < -0.4 is 10.1 Å². The summed E-state index contributed by atoms with van der Waals surface area (Å²) in [5, 5.41) is 8.04. The van der Waals surface area contributed by atoms with Crippen molar-refractivity contribution in [1.82, 2.24) is 19.7 Å². The van der Waals surface area contributed by atoms with Gasteiger partial charge in [-0.05, 0) is 59.7 Å². The van der Waals surface area contributed by atoms with E-state index in [0.29, 0.717) is 33.4 Å².